The molecule has 1 saturated heterocycles. The number of hydrogen-bond acceptors (Lipinski definition) is 7. The lowest BCUT2D eigenvalue weighted by Gasteiger charge is -2.26. The summed E-state index contributed by atoms with van der Waals surface area (Å²) in [5.41, 5.74) is 4.48. The van der Waals surface area contributed by atoms with Gasteiger partial charge in [-0.15, -0.1) is 0 Å². The average Bonchev–Trinajstić information content (AvgIpc) is 3.42. The summed E-state index contributed by atoms with van der Waals surface area (Å²) < 4.78 is 9.05. The van der Waals surface area contributed by atoms with Gasteiger partial charge in [0.25, 0.3) is 5.91 Å². The first-order chi connectivity index (χ1) is 17.6. The lowest BCUT2D eigenvalue weighted by molar-refractivity contribution is 0.0342. The van der Waals surface area contributed by atoms with Gasteiger partial charge in [-0.2, -0.15) is 5.10 Å². The molecule has 0 radical (unpaired) electrons. The van der Waals surface area contributed by atoms with E-state index < -0.39 is 5.60 Å². The van der Waals surface area contributed by atoms with E-state index in [9.17, 15) is 9.90 Å². The number of carbonyl (C=O) groups is 1. The van der Waals surface area contributed by atoms with Crippen molar-refractivity contribution < 1.29 is 14.6 Å². The number of nitrogens with one attached hydrogen (secondary N) is 1. The van der Waals surface area contributed by atoms with Crippen molar-refractivity contribution in [3.05, 3.63) is 59.5 Å². The molecule has 1 fully saturated rings. The zero-order valence-corrected chi connectivity index (χ0v) is 21.7. The van der Waals surface area contributed by atoms with Crippen LogP contribution in [-0.4, -0.2) is 72.1 Å². The number of fused-ring (bicyclic) bond motifs is 1. The molecule has 1 aliphatic heterocycles. The molecule has 1 aliphatic rings. The number of anilines is 1. The van der Waals surface area contributed by atoms with E-state index in [1.807, 2.05) is 30.8 Å². The maximum absolute atomic E-state index is 13.4. The van der Waals surface area contributed by atoms with Gasteiger partial charge in [-0.05, 0) is 50.6 Å². The topological polar surface area (TPSA) is 110 Å². The molecule has 10 heteroatoms. The third-order valence-electron chi connectivity index (χ3n) is 6.31. The largest absolute Gasteiger partial charge is 0.389 e. The van der Waals surface area contributed by atoms with Crippen molar-refractivity contribution in [3.63, 3.8) is 0 Å². The minimum absolute atomic E-state index is 0.274. The Balaban J connectivity index is 1.46. The second kappa shape index (κ2) is 10.0. The SMILES string of the molecule is Cc1cc(C(=O)Nc2nc3ccc(CN4CCOCC4)cc3n2CC(C)(C)O)cc(-c2cnn(C)c2)n1. The highest BCUT2D eigenvalue weighted by Crippen LogP contribution is 2.26. The summed E-state index contributed by atoms with van der Waals surface area (Å²) >= 11 is 0. The van der Waals surface area contributed by atoms with Crippen molar-refractivity contribution in [2.24, 2.45) is 7.05 Å². The minimum atomic E-state index is -1.01. The molecule has 194 valence electrons. The molecule has 0 saturated carbocycles. The molecule has 0 aliphatic carbocycles. The predicted octanol–water partition coefficient (Wildman–Crippen LogP) is 3.00. The van der Waals surface area contributed by atoms with E-state index in [1.54, 1.807) is 36.9 Å². The minimum Gasteiger partial charge on any atom is -0.389 e. The normalized spacial score (nSPS) is 14.8. The second-order valence-electron chi connectivity index (χ2n) is 10.3. The highest BCUT2D eigenvalue weighted by atomic mass is 16.5. The van der Waals surface area contributed by atoms with E-state index in [0.29, 0.717) is 17.2 Å². The fraction of sp³-hybridized carbons (Fsp3) is 0.407. The standard InChI is InChI=1S/C27H33N7O3/c1-18-11-20(13-23(29-18)21-14-28-32(4)16-21)25(35)31-26-30-22-6-5-19(15-33-7-9-37-10-8-33)12-24(22)34(26)17-27(2,3)36/h5-6,11-14,16,36H,7-10,15,17H2,1-4H3,(H,30,31,35). The summed E-state index contributed by atoms with van der Waals surface area (Å²) in [4.78, 5) is 25.0. The van der Waals surface area contributed by atoms with Crippen molar-refractivity contribution in [1.82, 2.24) is 29.2 Å². The third-order valence-corrected chi connectivity index (χ3v) is 6.31. The van der Waals surface area contributed by atoms with Crippen LogP contribution in [0.2, 0.25) is 0 Å². The number of amides is 1. The van der Waals surface area contributed by atoms with Crippen LogP contribution in [0.3, 0.4) is 0 Å². The average molecular weight is 504 g/mol. The number of aromatic nitrogens is 5. The van der Waals surface area contributed by atoms with E-state index in [2.05, 4.69) is 32.4 Å². The molecule has 1 aromatic carbocycles. The first-order valence-corrected chi connectivity index (χ1v) is 12.5. The Labute approximate surface area is 215 Å². The van der Waals surface area contributed by atoms with Gasteiger partial charge in [0.05, 0.1) is 48.3 Å². The Kier molecular flexibility index (Phi) is 6.80. The van der Waals surface area contributed by atoms with Gasteiger partial charge in [0.1, 0.15) is 0 Å². The molecule has 5 rings (SSSR count). The first-order valence-electron chi connectivity index (χ1n) is 12.5. The summed E-state index contributed by atoms with van der Waals surface area (Å²) in [6.07, 6.45) is 3.58. The molecule has 4 aromatic rings. The first kappa shape index (κ1) is 25.1. The summed E-state index contributed by atoms with van der Waals surface area (Å²) in [5, 5.41) is 17.8. The molecule has 4 heterocycles. The molecule has 37 heavy (non-hydrogen) atoms. The Morgan fingerprint density at radius 3 is 2.65 bits per heavy atom. The van der Waals surface area contributed by atoms with E-state index in [0.717, 1.165) is 60.7 Å². The molecule has 3 aromatic heterocycles. The van der Waals surface area contributed by atoms with Gasteiger partial charge in [-0.1, -0.05) is 6.07 Å². The van der Waals surface area contributed by atoms with Crippen LogP contribution in [0.1, 0.15) is 35.5 Å². The van der Waals surface area contributed by atoms with Crippen molar-refractivity contribution in [3.8, 4) is 11.3 Å². The summed E-state index contributed by atoms with van der Waals surface area (Å²) in [6, 6.07) is 9.63. The Hall–Kier alpha value is -3.60. The van der Waals surface area contributed by atoms with E-state index in [1.165, 1.54) is 0 Å². The number of imidazole rings is 1. The number of rotatable bonds is 7. The highest BCUT2D eigenvalue weighted by Gasteiger charge is 2.22. The van der Waals surface area contributed by atoms with Crippen molar-refractivity contribution in [1.29, 1.82) is 0 Å². The smallest absolute Gasteiger partial charge is 0.258 e. The Bertz CT molecular complexity index is 1430. The molecule has 0 atom stereocenters. The molecule has 2 N–H and O–H groups in total. The zero-order valence-electron chi connectivity index (χ0n) is 21.7. The van der Waals surface area contributed by atoms with E-state index >= 15 is 0 Å². The van der Waals surface area contributed by atoms with Crippen molar-refractivity contribution in [2.45, 2.75) is 39.5 Å². The van der Waals surface area contributed by atoms with Gasteiger partial charge in [0, 0.05) is 49.7 Å². The number of benzene rings is 1. The van der Waals surface area contributed by atoms with Gasteiger partial charge >= 0.3 is 0 Å². The van der Waals surface area contributed by atoms with Gasteiger partial charge in [0.2, 0.25) is 5.95 Å². The molecule has 0 spiro atoms. The molecule has 0 bridgehead atoms. The quantitative estimate of drug-likeness (QED) is 0.399. The van der Waals surface area contributed by atoms with Crippen LogP contribution in [0.4, 0.5) is 5.95 Å². The number of hydrogen-bond donors (Lipinski definition) is 2. The number of morpholine rings is 1. The number of carbonyl (C=O) groups excluding carboxylic acids is 1. The van der Waals surface area contributed by atoms with Crippen LogP contribution in [0.5, 0.6) is 0 Å². The lowest BCUT2D eigenvalue weighted by atomic mass is 10.1. The zero-order chi connectivity index (χ0) is 26.2. The predicted molar refractivity (Wildman–Crippen MR) is 141 cm³/mol. The lowest BCUT2D eigenvalue weighted by Crippen LogP contribution is -2.35. The number of pyridine rings is 1. The number of aryl methyl sites for hydroxylation is 2. The van der Waals surface area contributed by atoms with Crippen LogP contribution < -0.4 is 5.32 Å². The van der Waals surface area contributed by atoms with Crippen LogP contribution in [0.15, 0.2) is 42.7 Å². The molecular weight excluding hydrogens is 470 g/mol. The Morgan fingerprint density at radius 1 is 1.16 bits per heavy atom. The van der Waals surface area contributed by atoms with Crippen LogP contribution in [-0.2, 0) is 24.9 Å². The third kappa shape index (κ3) is 5.87. The molecule has 1 amide bonds. The highest BCUT2D eigenvalue weighted by molar-refractivity contribution is 6.04. The Morgan fingerprint density at radius 2 is 1.95 bits per heavy atom. The van der Waals surface area contributed by atoms with Crippen molar-refractivity contribution >= 4 is 22.9 Å². The summed E-state index contributed by atoms with van der Waals surface area (Å²) in [6.45, 7) is 9.71. The van der Waals surface area contributed by atoms with Crippen LogP contribution >= 0.6 is 0 Å². The van der Waals surface area contributed by atoms with Gasteiger partial charge in [-0.25, -0.2) is 4.98 Å². The fourth-order valence-electron chi connectivity index (χ4n) is 4.60. The van der Waals surface area contributed by atoms with Gasteiger partial charge in [-0.3, -0.25) is 24.7 Å². The molecular formula is C27H33N7O3. The van der Waals surface area contributed by atoms with Crippen LogP contribution in [0, 0.1) is 6.92 Å². The molecule has 0 unspecified atom stereocenters. The van der Waals surface area contributed by atoms with Gasteiger partial charge < -0.3 is 14.4 Å². The van der Waals surface area contributed by atoms with Crippen LogP contribution in [0.25, 0.3) is 22.3 Å². The van der Waals surface area contributed by atoms with E-state index in [-0.39, 0.29) is 12.5 Å². The van der Waals surface area contributed by atoms with Gasteiger partial charge in [0.15, 0.2) is 0 Å². The maximum atomic E-state index is 13.4. The fourth-order valence-corrected chi connectivity index (χ4v) is 4.60. The second-order valence-corrected chi connectivity index (χ2v) is 10.3. The molecule has 10 nitrogen and oxygen atoms in total. The number of nitrogens with zero attached hydrogens (tertiary/aromatic N) is 6. The summed E-state index contributed by atoms with van der Waals surface area (Å²) in [5.74, 6) is 0.0968. The summed E-state index contributed by atoms with van der Waals surface area (Å²) in [7, 11) is 1.84. The number of ether oxygens (including phenoxy) is 1. The monoisotopic (exact) mass is 503 g/mol. The number of aliphatic hydroxyl groups is 1. The van der Waals surface area contributed by atoms with E-state index in [4.69, 9.17) is 9.72 Å². The van der Waals surface area contributed by atoms with Crippen molar-refractivity contribution in [2.75, 3.05) is 31.6 Å². The maximum Gasteiger partial charge on any atom is 0.258 e.